The summed E-state index contributed by atoms with van der Waals surface area (Å²) < 4.78 is 15.2. The SMILES string of the molecule is COC(=O)C1=C[C@H](NC(=O)OC(C)(C)C)[C@@H](C)[C@H]([C@H](O)[C@H](O)CO)O1. The van der Waals surface area contributed by atoms with Gasteiger partial charge in [-0.05, 0) is 26.8 Å². The lowest BCUT2D eigenvalue weighted by molar-refractivity contribution is -0.150. The molecule has 1 aliphatic rings. The Bertz CT molecular complexity index is 513. The number of ether oxygens (including phenoxy) is 3. The minimum atomic E-state index is -1.48. The minimum absolute atomic E-state index is 0.212. The molecule has 0 saturated heterocycles. The summed E-state index contributed by atoms with van der Waals surface area (Å²) in [5.41, 5.74) is -0.709. The van der Waals surface area contributed by atoms with E-state index in [1.807, 2.05) is 0 Å². The van der Waals surface area contributed by atoms with Crippen LogP contribution < -0.4 is 5.32 Å². The van der Waals surface area contributed by atoms with E-state index in [0.717, 1.165) is 7.11 Å². The third-order valence-electron chi connectivity index (χ3n) is 3.67. The van der Waals surface area contributed by atoms with E-state index in [2.05, 4.69) is 10.1 Å². The summed E-state index contributed by atoms with van der Waals surface area (Å²) in [7, 11) is 1.16. The smallest absolute Gasteiger partial charge is 0.408 e. The fraction of sp³-hybridized carbons (Fsp3) is 0.750. The molecule has 144 valence electrons. The number of nitrogens with one attached hydrogen (secondary N) is 1. The van der Waals surface area contributed by atoms with E-state index in [-0.39, 0.29) is 5.76 Å². The molecule has 9 heteroatoms. The summed E-state index contributed by atoms with van der Waals surface area (Å²) >= 11 is 0. The van der Waals surface area contributed by atoms with Gasteiger partial charge in [0.15, 0.2) is 0 Å². The highest BCUT2D eigenvalue weighted by Crippen LogP contribution is 2.28. The van der Waals surface area contributed by atoms with Crippen LogP contribution in [0.15, 0.2) is 11.8 Å². The fourth-order valence-corrected chi connectivity index (χ4v) is 2.35. The van der Waals surface area contributed by atoms with Gasteiger partial charge in [-0.2, -0.15) is 0 Å². The zero-order valence-electron chi connectivity index (χ0n) is 15.1. The Hall–Kier alpha value is -1.84. The van der Waals surface area contributed by atoms with Gasteiger partial charge in [0.05, 0.1) is 19.8 Å². The first-order valence-electron chi connectivity index (χ1n) is 7.93. The van der Waals surface area contributed by atoms with Crippen molar-refractivity contribution in [2.45, 2.75) is 57.6 Å². The van der Waals surface area contributed by atoms with Crippen molar-refractivity contribution in [2.75, 3.05) is 13.7 Å². The minimum Gasteiger partial charge on any atom is -0.480 e. The van der Waals surface area contributed by atoms with Crippen molar-refractivity contribution in [1.29, 1.82) is 0 Å². The number of esters is 1. The molecule has 25 heavy (non-hydrogen) atoms. The second-order valence-electron chi connectivity index (χ2n) is 6.88. The van der Waals surface area contributed by atoms with Gasteiger partial charge in [-0.25, -0.2) is 9.59 Å². The molecule has 0 spiro atoms. The molecule has 1 aliphatic heterocycles. The Balaban J connectivity index is 3.03. The number of amides is 1. The Kier molecular flexibility index (Phi) is 7.21. The Labute approximate surface area is 146 Å². The normalized spacial score (nSPS) is 25.9. The molecule has 0 aromatic carbocycles. The highest BCUT2D eigenvalue weighted by molar-refractivity contribution is 5.86. The Morgan fingerprint density at radius 2 is 1.96 bits per heavy atom. The van der Waals surface area contributed by atoms with E-state index in [4.69, 9.17) is 14.6 Å². The maximum atomic E-state index is 12.0. The van der Waals surface area contributed by atoms with Crippen molar-refractivity contribution in [3.63, 3.8) is 0 Å². The van der Waals surface area contributed by atoms with E-state index in [1.165, 1.54) is 6.08 Å². The van der Waals surface area contributed by atoms with E-state index < -0.39 is 54.5 Å². The highest BCUT2D eigenvalue weighted by Gasteiger charge is 2.41. The highest BCUT2D eigenvalue weighted by atomic mass is 16.6. The third kappa shape index (κ3) is 5.87. The summed E-state index contributed by atoms with van der Waals surface area (Å²) in [6.45, 7) is 6.10. The molecular weight excluding hydrogens is 334 g/mol. The van der Waals surface area contributed by atoms with Crippen LogP contribution in [-0.4, -0.2) is 71.1 Å². The first kappa shape index (κ1) is 21.2. The van der Waals surface area contributed by atoms with Crippen molar-refractivity contribution in [3.05, 3.63) is 11.8 Å². The van der Waals surface area contributed by atoms with Crippen molar-refractivity contribution in [1.82, 2.24) is 5.32 Å². The maximum absolute atomic E-state index is 12.0. The molecule has 0 saturated carbocycles. The summed E-state index contributed by atoms with van der Waals surface area (Å²) in [5, 5.41) is 31.5. The van der Waals surface area contributed by atoms with Crippen LogP contribution in [0.4, 0.5) is 4.79 Å². The quantitative estimate of drug-likeness (QED) is 0.490. The molecule has 0 fully saturated rings. The lowest BCUT2D eigenvalue weighted by atomic mass is 9.87. The van der Waals surface area contributed by atoms with Gasteiger partial charge < -0.3 is 34.8 Å². The summed E-state index contributed by atoms with van der Waals surface area (Å²) in [6, 6.07) is -0.719. The number of rotatable bonds is 5. The zero-order chi connectivity index (χ0) is 19.4. The van der Waals surface area contributed by atoms with Crippen molar-refractivity contribution in [3.8, 4) is 0 Å². The van der Waals surface area contributed by atoms with E-state index in [9.17, 15) is 19.8 Å². The summed E-state index contributed by atoms with van der Waals surface area (Å²) in [5.74, 6) is -1.54. The summed E-state index contributed by atoms with van der Waals surface area (Å²) in [4.78, 5) is 23.8. The van der Waals surface area contributed by atoms with Crippen LogP contribution in [0.25, 0.3) is 0 Å². The van der Waals surface area contributed by atoms with Gasteiger partial charge in [0.2, 0.25) is 5.76 Å². The van der Waals surface area contributed by atoms with Crippen molar-refractivity contribution in [2.24, 2.45) is 5.92 Å². The molecule has 0 aliphatic carbocycles. The lowest BCUT2D eigenvalue weighted by Crippen LogP contribution is -2.54. The van der Waals surface area contributed by atoms with Gasteiger partial charge in [-0.1, -0.05) is 6.92 Å². The molecule has 9 nitrogen and oxygen atoms in total. The number of aliphatic hydroxyl groups excluding tert-OH is 3. The number of aliphatic hydroxyl groups is 3. The van der Waals surface area contributed by atoms with Gasteiger partial charge in [-0.3, -0.25) is 0 Å². The molecule has 0 aromatic rings. The third-order valence-corrected chi connectivity index (χ3v) is 3.67. The zero-order valence-corrected chi connectivity index (χ0v) is 15.1. The lowest BCUT2D eigenvalue weighted by Gasteiger charge is -2.38. The van der Waals surface area contributed by atoms with E-state index in [0.29, 0.717) is 0 Å². The van der Waals surface area contributed by atoms with Crippen LogP contribution in [0.5, 0.6) is 0 Å². The van der Waals surface area contributed by atoms with Crippen LogP contribution in [0.2, 0.25) is 0 Å². The molecule has 0 radical (unpaired) electrons. The number of alkyl carbamates (subject to hydrolysis) is 1. The topological polar surface area (TPSA) is 135 Å². The molecule has 4 N–H and O–H groups in total. The molecule has 0 bridgehead atoms. The maximum Gasteiger partial charge on any atom is 0.408 e. The first-order chi connectivity index (χ1) is 11.5. The fourth-order valence-electron chi connectivity index (χ4n) is 2.35. The number of methoxy groups -OCH3 is 1. The van der Waals surface area contributed by atoms with Crippen LogP contribution in [-0.2, 0) is 19.0 Å². The predicted molar refractivity (Wildman–Crippen MR) is 86.4 cm³/mol. The van der Waals surface area contributed by atoms with Gasteiger partial charge in [0.25, 0.3) is 0 Å². The number of hydrogen-bond acceptors (Lipinski definition) is 8. The standard InChI is InChI=1S/C16H27NO8/c1-8-9(17-15(22)25-16(2,3)4)6-11(14(21)23-5)24-13(8)12(20)10(19)7-18/h6,8-10,12-13,18-20H,7H2,1-5H3,(H,17,22)/t8-,9+,10-,12-,13-/m1/s1. The molecule has 0 unspecified atom stereocenters. The molecule has 5 atom stereocenters. The predicted octanol–water partition coefficient (Wildman–Crippen LogP) is -0.314. The van der Waals surface area contributed by atoms with Crippen LogP contribution >= 0.6 is 0 Å². The Morgan fingerprint density at radius 1 is 1.36 bits per heavy atom. The molecule has 1 amide bonds. The van der Waals surface area contributed by atoms with Gasteiger partial charge >= 0.3 is 12.1 Å². The second kappa shape index (κ2) is 8.50. The van der Waals surface area contributed by atoms with Gasteiger partial charge in [-0.15, -0.1) is 0 Å². The van der Waals surface area contributed by atoms with Crippen LogP contribution in [0.1, 0.15) is 27.7 Å². The number of carbonyl (C=O) groups is 2. The van der Waals surface area contributed by atoms with E-state index >= 15 is 0 Å². The second-order valence-corrected chi connectivity index (χ2v) is 6.88. The van der Waals surface area contributed by atoms with Crippen LogP contribution in [0.3, 0.4) is 0 Å². The van der Waals surface area contributed by atoms with E-state index in [1.54, 1.807) is 27.7 Å². The monoisotopic (exact) mass is 361 g/mol. The Morgan fingerprint density at radius 3 is 2.44 bits per heavy atom. The van der Waals surface area contributed by atoms with Gasteiger partial charge in [0.1, 0.15) is 23.9 Å². The molecule has 1 heterocycles. The largest absolute Gasteiger partial charge is 0.480 e. The molecule has 1 rings (SSSR count). The average molecular weight is 361 g/mol. The van der Waals surface area contributed by atoms with Crippen molar-refractivity contribution < 1.29 is 39.1 Å². The summed E-state index contributed by atoms with van der Waals surface area (Å²) in [6.07, 6.45) is -3.35. The first-order valence-corrected chi connectivity index (χ1v) is 7.93. The number of carbonyl (C=O) groups excluding carboxylic acids is 2. The number of hydrogen-bond donors (Lipinski definition) is 4. The molecular formula is C16H27NO8. The van der Waals surface area contributed by atoms with Crippen molar-refractivity contribution >= 4 is 12.1 Å². The molecule has 0 aromatic heterocycles. The average Bonchev–Trinajstić information content (AvgIpc) is 2.52. The van der Waals surface area contributed by atoms with Gasteiger partial charge in [0, 0.05) is 5.92 Å². The van der Waals surface area contributed by atoms with Crippen LogP contribution in [0, 0.1) is 5.92 Å².